The Morgan fingerprint density at radius 1 is 1.58 bits per heavy atom. The van der Waals surface area contributed by atoms with Gasteiger partial charge in [0.05, 0.1) is 0 Å². The summed E-state index contributed by atoms with van der Waals surface area (Å²) >= 11 is 5.30. The Morgan fingerprint density at radius 3 is 2.83 bits per heavy atom. The summed E-state index contributed by atoms with van der Waals surface area (Å²) in [5.74, 6) is 0.726. The Morgan fingerprint density at radius 2 is 2.33 bits per heavy atom. The fourth-order valence-electron chi connectivity index (χ4n) is 0.926. The molecule has 0 saturated heterocycles. The van der Waals surface area contributed by atoms with Gasteiger partial charge < -0.3 is 5.32 Å². The largest absolute Gasteiger partial charge is 0.312 e. The van der Waals surface area contributed by atoms with Crippen LogP contribution in [0.4, 0.5) is 0 Å². The van der Waals surface area contributed by atoms with E-state index in [0.29, 0.717) is 0 Å². The average Bonchev–Trinajstić information content (AvgIpc) is 2.36. The minimum atomic E-state index is 0.726. The Hall–Kier alpha value is 0.140. The van der Waals surface area contributed by atoms with E-state index in [-0.39, 0.29) is 0 Å². The maximum Gasteiger partial charge on any atom is 0.0327 e. The van der Waals surface area contributed by atoms with Crippen LogP contribution < -0.4 is 5.32 Å². The topological polar surface area (TPSA) is 12.0 Å². The Bertz CT molecular complexity index is 232. The molecule has 3 heteroatoms. The second-order valence-corrected chi connectivity index (χ2v) is 5.07. The third-order valence-electron chi connectivity index (χ3n) is 1.53. The first-order valence-corrected chi connectivity index (χ1v) is 5.80. The molecule has 0 aliphatic heterocycles. The van der Waals surface area contributed by atoms with Crippen LogP contribution in [0, 0.1) is 5.92 Å². The van der Waals surface area contributed by atoms with Crippen LogP contribution in [-0.4, -0.2) is 6.54 Å². The van der Waals surface area contributed by atoms with Crippen LogP contribution >= 0.6 is 27.3 Å². The van der Waals surface area contributed by atoms with Crippen molar-refractivity contribution in [3.8, 4) is 0 Å². The SMILES string of the molecule is CC(C)CNCc1sccc1Br. The standard InChI is InChI=1S/C9H14BrNS/c1-7(2)5-11-6-9-8(10)3-4-12-9/h3-4,7,11H,5-6H2,1-2H3. The zero-order valence-electron chi connectivity index (χ0n) is 7.43. The molecular weight excluding hydrogens is 234 g/mol. The Kier molecular flexibility index (Phi) is 4.26. The lowest BCUT2D eigenvalue weighted by atomic mass is 10.2. The molecule has 68 valence electrons. The summed E-state index contributed by atoms with van der Waals surface area (Å²) in [7, 11) is 0. The minimum Gasteiger partial charge on any atom is -0.312 e. The van der Waals surface area contributed by atoms with E-state index >= 15 is 0 Å². The van der Waals surface area contributed by atoms with Crippen molar-refractivity contribution in [3.05, 3.63) is 20.8 Å². The predicted octanol–water partition coefficient (Wildman–Crippen LogP) is 3.26. The summed E-state index contributed by atoms with van der Waals surface area (Å²) in [6.07, 6.45) is 0. The molecule has 0 bridgehead atoms. The van der Waals surface area contributed by atoms with Crippen molar-refractivity contribution in [2.24, 2.45) is 5.92 Å². The number of thiophene rings is 1. The molecule has 0 spiro atoms. The second kappa shape index (κ2) is 5.00. The highest BCUT2D eigenvalue weighted by atomic mass is 79.9. The monoisotopic (exact) mass is 247 g/mol. The lowest BCUT2D eigenvalue weighted by Crippen LogP contribution is -2.18. The van der Waals surface area contributed by atoms with Crippen LogP contribution in [0.15, 0.2) is 15.9 Å². The van der Waals surface area contributed by atoms with Crippen molar-refractivity contribution < 1.29 is 0 Å². The smallest absolute Gasteiger partial charge is 0.0327 e. The third-order valence-corrected chi connectivity index (χ3v) is 3.46. The van der Waals surface area contributed by atoms with Crippen molar-refractivity contribution >= 4 is 27.3 Å². The summed E-state index contributed by atoms with van der Waals surface area (Å²) < 4.78 is 1.23. The lowest BCUT2D eigenvalue weighted by Gasteiger charge is -2.05. The Balaban J connectivity index is 2.29. The molecule has 0 fully saturated rings. The van der Waals surface area contributed by atoms with Gasteiger partial charge in [0.2, 0.25) is 0 Å². The third kappa shape index (κ3) is 3.25. The number of hydrogen-bond donors (Lipinski definition) is 1. The molecule has 1 aromatic heterocycles. The fraction of sp³-hybridized carbons (Fsp3) is 0.556. The van der Waals surface area contributed by atoms with Gasteiger partial charge in [-0.3, -0.25) is 0 Å². The molecule has 0 aromatic carbocycles. The van der Waals surface area contributed by atoms with Crippen LogP contribution in [0.25, 0.3) is 0 Å². The summed E-state index contributed by atoms with van der Waals surface area (Å²) in [6.45, 7) is 6.51. The maximum absolute atomic E-state index is 3.50. The first-order valence-electron chi connectivity index (χ1n) is 4.12. The molecule has 0 aliphatic rings. The van der Waals surface area contributed by atoms with Gasteiger partial charge in [-0.25, -0.2) is 0 Å². The van der Waals surface area contributed by atoms with Crippen LogP contribution in [0.3, 0.4) is 0 Å². The van der Waals surface area contributed by atoms with Gasteiger partial charge in [-0.05, 0) is 39.8 Å². The first-order chi connectivity index (χ1) is 5.70. The van der Waals surface area contributed by atoms with Crippen molar-refractivity contribution in [3.63, 3.8) is 0 Å². The van der Waals surface area contributed by atoms with E-state index in [1.54, 1.807) is 11.3 Å². The van der Waals surface area contributed by atoms with Gasteiger partial charge in [0.15, 0.2) is 0 Å². The van der Waals surface area contributed by atoms with Gasteiger partial charge in [-0.2, -0.15) is 0 Å². The molecule has 1 rings (SSSR count). The van der Waals surface area contributed by atoms with Gasteiger partial charge in [0, 0.05) is 15.9 Å². The minimum absolute atomic E-state index is 0.726. The predicted molar refractivity (Wildman–Crippen MR) is 58.6 cm³/mol. The molecular formula is C9H14BrNS. The molecule has 0 unspecified atom stereocenters. The van der Waals surface area contributed by atoms with Crippen LogP contribution in [-0.2, 0) is 6.54 Å². The normalized spacial score (nSPS) is 11.0. The number of halogens is 1. The van der Waals surface area contributed by atoms with Gasteiger partial charge in [0.1, 0.15) is 0 Å². The molecule has 0 aliphatic carbocycles. The van der Waals surface area contributed by atoms with E-state index in [1.165, 1.54) is 9.35 Å². The quantitative estimate of drug-likeness (QED) is 0.862. The number of rotatable bonds is 4. The second-order valence-electron chi connectivity index (χ2n) is 3.22. The maximum atomic E-state index is 3.50. The first kappa shape index (κ1) is 10.2. The summed E-state index contributed by atoms with van der Waals surface area (Å²) in [6, 6.07) is 2.09. The highest BCUT2D eigenvalue weighted by Crippen LogP contribution is 2.21. The highest BCUT2D eigenvalue weighted by molar-refractivity contribution is 9.10. The van der Waals surface area contributed by atoms with Gasteiger partial charge in [0.25, 0.3) is 0 Å². The van der Waals surface area contributed by atoms with Crippen LogP contribution in [0.1, 0.15) is 18.7 Å². The van der Waals surface area contributed by atoms with E-state index in [2.05, 4.69) is 46.5 Å². The fourth-order valence-corrected chi connectivity index (χ4v) is 2.39. The zero-order valence-corrected chi connectivity index (χ0v) is 9.83. The highest BCUT2D eigenvalue weighted by Gasteiger charge is 2.00. The van der Waals surface area contributed by atoms with Crippen molar-refractivity contribution in [1.82, 2.24) is 5.32 Å². The molecule has 12 heavy (non-hydrogen) atoms. The lowest BCUT2D eigenvalue weighted by molar-refractivity contribution is 0.554. The molecule has 1 nitrogen and oxygen atoms in total. The summed E-state index contributed by atoms with van der Waals surface area (Å²) in [4.78, 5) is 1.38. The molecule has 1 heterocycles. The van der Waals surface area contributed by atoms with Crippen LogP contribution in [0.5, 0.6) is 0 Å². The van der Waals surface area contributed by atoms with E-state index in [0.717, 1.165) is 19.0 Å². The van der Waals surface area contributed by atoms with Gasteiger partial charge in [-0.1, -0.05) is 13.8 Å². The zero-order chi connectivity index (χ0) is 8.97. The average molecular weight is 248 g/mol. The molecule has 0 saturated carbocycles. The van der Waals surface area contributed by atoms with Crippen molar-refractivity contribution in [2.45, 2.75) is 20.4 Å². The molecule has 0 atom stereocenters. The van der Waals surface area contributed by atoms with E-state index in [1.807, 2.05) is 0 Å². The van der Waals surface area contributed by atoms with Gasteiger partial charge >= 0.3 is 0 Å². The molecule has 1 N–H and O–H groups in total. The van der Waals surface area contributed by atoms with Gasteiger partial charge in [-0.15, -0.1) is 11.3 Å². The van der Waals surface area contributed by atoms with E-state index in [4.69, 9.17) is 0 Å². The van der Waals surface area contributed by atoms with Crippen molar-refractivity contribution in [2.75, 3.05) is 6.54 Å². The van der Waals surface area contributed by atoms with Crippen molar-refractivity contribution in [1.29, 1.82) is 0 Å². The number of hydrogen-bond acceptors (Lipinski definition) is 2. The molecule has 1 aromatic rings. The van der Waals surface area contributed by atoms with Crippen LogP contribution in [0.2, 0.25) is 0 Å². The Labute approximate surface area is 86.3 Å². The molecule has 0 radical (unpaired) electrons. The van der Waals surface area contributed by atoms with E-state index in [9.17, 15) is 0 Å². The number of nitrogens with one attached hydrogen (secondary N) is 1. The molecule has 0 amide bonds. The summed E-state index contributed by atoms with van der Waals surface area (Å²) in [5.41, 5.74) is 0. The van der Waals surface area contributed by atoms with E-state index < -0.39 is 0 Å². The summed E-state index contributed by atoms with van der Waals surface area (Å²) in [5, 5.41) is 5.52.